The fourth-order valence-electron chi connectivity index (χ4n) is 1.02. The highest BCUT2D eigenvalue weighted by molar-refractivity contribution is 7.99. The molecule has 0 rings (SSSR count). The number of hydrogen-bond acceptors (Lipinski definition) is 4. The van der Waals surface area contributed by atoms with Crippen molar-refractivity contribution in [2.75, 3.05) is 18.1 Å². The highest BCUT2D eigenvalue weighted by Gasteiger charge is 2.30. The van der Waals surface area contributed by atoms with Crippen LogP contribution in [0.3, 0.4) is 0 Å². The molecule has 0 aromatic heterocycles. The van der Waals surface area contributed by atoms with Gasteiger partial charge in [-0.2, -0.15) is 11.8 Å². The molecule has 18 heavy (non-hydrogen) atoms. The number of aliphatic hydroxyl groups is 1. The van der Waals surface area contributed by atoms with Gasteiger partial charge in [0.25, 0.3) is 0 Å². The quantitative estimate of drug-likeness (QED) is 0.615. The number of hydrogen-bond donors (Lipinski definition) is 3. The predicted molar refractivity (Wildman–Crippen MR) is 72.6 cm³/mol. The van der Waals surface area contributed by atoms with Crippen LogP contribution in [0.1, 0.15) is 27.7 Å². The summed E-state index contributed by atoms with van der Waals surface area (Å²) in [6.45, 7) is 6.93. The van der Waals surface area contributed by atoms with Crippen LogP contribution >= 0.6 is 11.8 Å². The molecule has 1 atom stereocenters. The standard InChI is InChI=1S/C12H23NO4S/c1-8(2)5-18-6-9(10(15)16)13-11(17)12(3,4)7-14/h8-9,14H,5-7H2,1-4H3,(H,13,17)(H,15,16)/t9-/m0/s1. The zero-order chi connectivity index (χ0) is 14.3. The SMILES string of the molecule is CC(C)CSC[C@H](NC(=O)C(C)(C)CO)C(=O)O. The molecule has 3 N–H and O–H groups in total. The maximum atomic E-state index is 11.8. The van der Waals surface area contributed by atoms with Gasteiger partial charge in [0.05, 0.1) is 12.0 Å². The molecule has 0 aliphatic heterocycles. The largest absolute Gasteiger partial charge is 0.480 e. The topological polar surface area (TPSA) is 86.6 Å². The second-order valence-corrected chi connectivity index (χ2v) is 6.41. The number of amides is 1. The average Bonchev–Trinajstić information content (AvgIpc) is 2.26. The van der Waals surface area contributed by atoms with Crippen molar-refractivity contribution in [2.24, 2.45) is 11.3 Å². The summed E-state index contributed by atoms with van der Waals surface area (Å²) >= 11 is 1.50. The Hall–Kier alpha value is -0.750. The molecule has 1 amide bonds. The Balaban J connectivity index is 4.37. The Morgan fingerprint density at radius 1 is 1.28 bits per heavy atom. The maximum absolute atomic E-state index is 11.8. The molecule has 0 heterocycles. The fourth-order valence-corrected chi connectivity index (χ4v) is 2.09. The fraction of sp³-hybridized carbons (Fsp3) is 0.833. The van der Waals surface area contributed by atoms with Crippen LogP contribution in [0.5, 0.6) is 0 Å². The van der Waals surface area contributed by atoms with Crippen molar-refractivity contribution in [3.63, 3.8) is 0 Å². The lowest BCUT2D eigenvalue weighted by Crippen LogP contribution is -2.49. The van der Waals surface area contributed by atoms with E-state index in [0.29, 0.717) is 11.7 Å². The van der Waals surface area contributed by atoms with Crippen LogP contribution in [0.2, 0.25) is 0 Å². The van der Waals surface area contributed by atoms with Gasteiger partial charge in [-0.1, -0.05) is 13.8 Å². The number of aliphatic hydroxyl groups excluding tert-OH is 1. The third-order valence-electron chi connectivity index (χ3n) is 2.35. The van der Waals surface area contributed by atoms with E-state index in [1.807, 2.05) is 0 Å². The number of rotatable bonds is 8. The second-order valence-electron chi connectivity index (χ2n) is 5.34. The van der Waals surface area contributed by atoms with Gasteiger partial charge in [-0.3, -0.25) is 4.79 Å². The number of thioether (sulfide) groups is 1. The number of carbonyl (C=O) groups is 2. The summed E-state index contributed by atoms with van der Waals surface area (Å²) < 4.78 is 0. The molecule has 106 valence electrons. The van der Waals surface area contributed by atoms with Crippen LogP contribution in [0.25, 0.3) is 0 Å². The molecule has 0 radical (unpaired) electrons. The van der Waals surface area contributed by atoms with Gasteiger partial charge in [0.1, 0.15) is 6.04 Å². The van der Waals surface area contributed by atoms with Gasteiger partial charge >= 0.3 is 5.97 Å². The van der Waals surface area contributed by atoms with E-state index >= 15 is 0 Å². The summed E-state index contributed by atoms with van der Waals surface area (Å²) in [6.07, 6.45) is 0. The normalized spacial score (nSPS) is 13.4. The second kappa shape index (κ2) is 7.63. The molecule has 5 nitrogen and oxygen atoms in total. The molecule has 0 saturated carbocycles. The molecule has 6 heteroatoms. The Labute approximate surface area is 112 Å². The van der Waals surface area contributed by atoms with E-state index in [1.165, 1.54) is 11.8 Å². The van der Waals surface area contributed by atoms with Crippen LogP contribution in [-0.4, -0.2) is 46.2 Å². The summed E-state index contributed by atoms with van der Waals surface area (Å²) in [6, 6.07) is -0.910. The lowest BCUT2D eigenvalue weighted by molar-refractivity contribution is -0.143. The molecule has 0 unspecified atom stereocenters. The number of carbonyl (C=O) groups excluding carboxylic acids is 1. The lowest BCUT2D eigenvalue weighted by Gasteiger charge is -2.23. The van der Waals surface area contributed by atoms with Crippen LogP contribution in [0.15, 0.2) is 0 Å². The van der Waals surface area contributed by atoms with Crippen LogP contribution < -0.4 is 5.32 Å². The number of carboxylic acids is 1. The molecular weight excluding hydrogens is 254 g/mol. The molecular formula is C12H23NO4S. The first kappa shape index (κ1) is 17.2. The number of carboxylic acid groups (broad SMARTS) is 1. The lowest BCUT2D eigenvalue weighted by atomic mass is 9.93. The van der Waals surface area contributed by atoms with Gasteiger partial charge in [-0.15, -0.1) is 0 Å². The monoisotopic (exact) mass is 277 g/mol. The Morgan fingerprint density at radius 3 is 2.22 bits per heavy atom. The molecule has 0 aliphatic carbocycles. The van der Waals surface area contributed by atoms with Crippen molar-refractivity contribution in [3.8, 4) is 0 Å². The van der Waals surface area contributed by atoms with E-state index < -0.39 is 23.3 Å². The van der Waals surface area contributed by atoms with E-state index in [9.17, 15) is 9.59 Å². The van der Waals surface area contributed by atoms with Crippen molar-refractivity contribution in [3.05, 3.63) is 0 Å². The molecule has 0 bridgehead atoms. The Bertz CT molecular complexity index is 292. The zero-order valence-corrected chi connectivity index (χ0v) is 12.2. The number of aliphatic carboxylic acids is 1. The van der Waals surface area contributed by atoms with Crippen LogP contribution in [0, 0.1) is 11.3 Å². The van der Waals surface area contributed by atoms with Gasteiger partial charge < -0.3 is 15.5 Å². The Kier molecular flexibility index (Phi) is 7.32. The smallest absolute Gasteiger partial charge is 0.327 e. The van der Waals surface area contributed by atoms with E-state index in [-0.39, 0.29) is 6.61 Å². The van der Waals surface area contributed by atoms with Crippen molar-refractivity contribution >= 4 is 23.6 Å². The third kappa shape index (κ3) is 6.26. The summed E-state index contributed by atoms with van der Waals surface area (Å²) in [7, 11) is 0. The van der Waals surface area contributed by atoms with Crippen molar-refractivity contribution in [1.82, 2.24) is 5.32 Å². The summed E-state index contributed by atoms with van der Waals surface area (Å²) in [5.74, 6) is 0.175. The van der Waals surface area contributed by atoms with E-state index in [2.05, 4.69) is 19.2 Å². The molecule has 0 aliphatic rings. The minimum absolute atomic E-state index is 0.315. The molecule has 0 saturated heterocycles. The predicted octanol–water partition coefficient (Wildman–Crippen LogP) is 0.963. The van der Waals surface area contributed by atoms with Crippen LogP contribution in [-0.2, 0) is 9.59 Å². The van der Waals surface area contributed by atoms with Crippen molar-refractivity contribution in [2.45, 2.75) is 33.7 Å². The van der Waals surface area contributed by atoms with Crippen molar-refractivity contribution < 1.29 is 19.8 Å². The van der Waals surface area contributed by atoms with E-state index in [4.69, 9.17) is 10.2 Å². The molecule has 0 aromatic rings. The first-order chi connectivity index (χ1) is 8.20. The van der Waals surface area contributed by atoms with Gasteiger partial charge in [0.15, 0.2) is 0 Å². The highest BCUT2D eigenvalue weighted by Crippen LogP contribution is 2.15. The van der Waals surface area contributed by atoms with Crippen molar-refractivity contribution in [1.29, 1.82) is 0 Å². The van der Waals surface area contributed by atoms with Gasteiger partial charge in [-0.05, 0) is 25.5 Å². The first-order valence-corrected chi connectivity index (χ1v) is 7.08. The zero-order valence-electron chi connectivity index (χ0n) is 11.4. The summed E-state index contributed by atoms with van der Waals surface area (Å²) in [5.41, 5.74) is -0.962. The highest BCUT2D eigenvalue weighted by atomic mass is 32.2. The average molecular weight is 277 g/mol. The van der Waals surface area contributed by atoms with E-state index in [1.54, 1.807) is 13.8 Å². The molecule has 0 spiro atoms. The maximum Gasteiger partial charge on any atom is 0.327 e. The number of nitrogens with one attached hydrogen (secondary N) is 1. The van der Waals surface area contributed by atoms with Gasteiger partial charge in [0, 0.05) is 5.75 Å². The third-order valence-corrected chi connectivity index (χ3v) is 3.82. The van der Waals surface area contributed by atoms with Gasteiger partial charge in [0.2, 0.25) is 5.91 Å². The van der Waals surface area contributed by atoms with Crippen LogP contribution in [0.4, 0.5) is 0 Å². The molecule has 0 aromatic carbocycles. The minimum atomic E-state index is -1.05. The summed E-state index contributed by atoms with van der Waals surface area (Å²) in [5, 5.41) is 20.5. The molecule has 0 fully saturated rings. The van der Waals surface area contributed by atoms with Gasteiger partial charge in [-0.25, -0.2) is 4.79 Å². The summed E-state index contributed by atoms with van der Waals surface area (Å²) in [4.78, 5) is 22.8. The first-order valence-electron chi connectivity index (χ1n) is 5.93. The minimum Gasteiger partial charge on any atom is -0.480 e. The Morgan fingerprint density at radius 2 is 1.83 bits per heavy atom. The van der Waals surface area contributed by atoms with E-state index in [0.717, 1.165) is 5.75 Å².